The fourth-order valence-electron chi connectivity index (χ4n) is 4.69. The molecule has 1 aromatic rings. The largest absolute Gasteiger partial charge is 0.481 e. The molecule has 3 saturated carbocycles. The lowest BCUT2D eigenvalue weighted by molar-refractivity contribution is -0.137. The topological polar surface area (TPSA) is 83.5 Å². The predicted molar refractivity (Wildman–Crippen MR) is 105 cm³/mol. The second-order valence-corrected chi connectivity index (χ2v) is 9.51. The third kappa shape index (κ3) is 5.20. The van der Waals surface area contributed by atoms with Crippen molar-refractivity contribution < 1.29 is 18.3 Å². The Labute approximate surface area is 161 Å². The minimum atomic E-state index is -3.50. The fraction of sp³-hybridized carbons (Fsp3) is 0.571. The van der Waals surface area contributed by atoms with Gasteiger partial charge in [0.15, 0.2) is 0 Å². The third-order valence-electron chi connectivity index (χ3n) is 6.07. The van der Waals surface area contributed by atoms with Crippen LogP contribution in [-0.2, 0) is 14.8 Å². The molecule has 3 aliphatic rings. The molecule has 2 N–H and O–H groups in total. The van der Waals surface area contributed by atoms with Gasteiger partial charge >= 0.3 is 5.97 Å². The Bertz CT molecular complexity index is 752. The number of fused-ring (bicyclic) bond motifs is 3. The molecule has 0 spiro atoms. The Kier molecular flexibility index (Phi) is 6.71. The van der Waals surface area contributed by atoms with Crippen LogP contribution in [-0.4, -0.2) is 25.5 Å². The van der Waals surface area contributed by atoms with E-state index in [4.69, 9.17) is 5.11 Å². The molecule has 148 valence electrons. The summed E-state index contributed by atoms with van der Waals surface area (Å²) < 4.78 is 28.7. The molecule has 27 heavy (non-hydrogen) atoms. The Balaban J connectivity index is 1.65. The van der Waals surface area contributed by atoms with E-state index < -0.39 is 16.0 Å². The molecular weight excluding hydrogens is 362 g/mol. The number of nitrogens with one attached hydrogen (secondary N) is 1. The van der Waals surface area contributed by atoms with E-state index >= 15 is 0 Å². The van der Waals surface area contributed by atoms with Gasteiger partial charge in [0.05, 0.1) is 4.90 Å². The van der Waals surface area contributed by atoms with Crippen LogP contribution in [0, 0.1) is 17.8 Å². The smallest absolute Gasteiger partial charge is 0.303 e. The Hall–Kier alpha value is -1.66. The molecule has 0 saturated heterocycles. The number of sulfonamides is 1. The average molecular weight is 392 g/mol. The standard InChI is InChI=1S/C21H29NO4S/c23-20(24)11-7-2-1-6-10-19-16-12-14-17(15-13-16)21(19)22-27(25,26)18-8-4-3-5-9-18/h1,3-6,8-9,16-17,19,21-22H,2,7,10-15H2,(H,23,24)/t16?,17?,19-,21-/m0/s1. The van der Waals surface area contributed by atoms with Crippen LogP contribution in [0.4, 0.5) is 0 Å². The quantitative estimate of drug-likeness (QED) is 0.493. The zero-order valence-electron chi connectivity index (χ0n) is 15.6. The fourth-order valence-corrected chi connectivity index (χ4v) is 6.06. The Morgan fingerprint density at radius 3 is 2.41 bits per heavy atom. The maximum Gasteiger partial charge on any atom is 0.303 e. The number of hydrogen-bond acceptors (Lipinski definition) is 3. The number of hydrogen-bond donors (Lipinski definition) is 2. The number of benzene rings is 1. The number of rotatable bonds is 9. The van der Waals surface area contributed by atoms with Crippen LogP contribution in [0.25, 0.3) is 0 Å². The number of unbranched alkanes of at least 4 members (excludes halogenated alkanes) is 1. The van der Waals surface area contributed by atoms with Gasteiger partial charge < -0.3 is 5.11 Å². The molecule has 3 fully saturated rings. The maximum atomic E-state index is 12.8. The lowest BCUT2D eigenvalue weighted by atomic mass is 9.61. The summed E-state index contributed by atoms with van der Waals surface area (Å²) in [6, 6.07) is 8.59. The second kappa shape index (κ2) is 9.02. The first-order valence-electron chi connectivity index (χ1n) is 9.91. The van der Waals surface area contributed by atoms with Crippen LogP contribution in [0.2, 0.25) is 0 Å². The maximum absolute atomic E-state index is 12.8. The average Bonchev–Trinajstić information content (AvgIpc) is 2.67. The number of carboxylic acid groups (broad SMARTS) is 1. The monoisotopic (exact) mass is 391 g/mol. The van der Waals surface area contributed by atoms with Crippen molar-refractivity contribution in [2.45, 2.75) is 62.3 Å². The minimum absolute atomic E-state index is 0.00799. The lowest BCUT2D eigenvalue weighted by Gasteiger charge is -2.48. The number of carboxylic acids is 1. The van der Waals surface area contributed by atoms with E-state index in [1.54, 1.807) is 24.3 Å². The normalized spacial score (nSPS) is 27.9. The molecular formula is C21H29NO4S. The summed E-state index contributed by atoms with van der Waals surface area (Å²) in [7, 11) is -3.50. The van der Waals surface area contributed by atoms with Crippen molar-refractivity contribution in [2.75, 3.05) is 0 Å². The molecule has 0 unspecified atom stereocenters. The molecule has 0 radical (unpaired) electrons. The third-order valence-corrected chi connectivity index (χ3v) is 7.55. The summed E-state index contributed by atoms with van der Waals surface area (Å²) in [6.45, 7) is 0. The molecule has 0 amide bonds. The minimum Gasteiger partial charge on any atom is -0.481 e. The van der Waals surface area contributed by atoms with Crippen molar-refractivity contribution in [3.05, 3.63) is 42.5 Å². The van der Waals surface area contributed by atoms with Crippen molar-refractivity contribution in [1.29, 1.82) is 0 Å². The van der Waals surface area contributed by atoms with E-state index in [0.717, 1.165) is 25.7 Å². The van der Waals surface area contributed by atoms with E-state index in [9.17, 15) is 13.2 Å². The molecule has 0 aliphatic heterocycles. The first-order chi connectivity index (χ1) is 13.0. The van der Waals surface area contributed by atoms with E-state index in [0.29, 0.717) is 29.1 Å². The van der Waals surface area contributed by atoms with E-state index in [-0.39, 0.29) is 12.5 Å². The molecule has 3 aliphatic carbocycles. The molecule has 1 aromatic carbocycles. The highest BCUT2D eigenvalue weighted by molar-refractivity contribution is 7.89. The van der Waals surface area contributed by atoms with Gasteiger partial charge in [0.1, 0.15) is 0 Å². The first kappa shape index (κ1) is 20.1. The van der Waals surface area contributed by atoms with E-state index in [1.165, 1.54) is 12.8 Å². The van der Waals surface area contributed by atoms with Gasteiger partial charge in [-0.2, -0.15) is 0 Å². The molecule has 0 heterocycles. The zero-order valence-corrected chi connectivity index (χ0v) is 16.4. The molecule has 4 rings (SSSR count). The van der Waals surface area contributed by atoms with Crippen molar-refractivity contribution >= 4 is 16.0 Å². The van der Waals surface area contributed by atoms with Gasteiger partial charge in [-0.15, -0.1) is 0 Å². The Morgan fingerprint density at radius 2 is 1.74 bits per heavy atom. The van der Waals surface area contributed by atoms with Crippen LogP contribution in [0.5, 0.6) is 0 Å². The highest BCUT2D eigenvalue weighted by atomic mass is 32.2. The van der Waals surface area contributed by atoms with Crippen LogP contribution >= 0.6 is 0 Å². The highest BCUT2D eigenvalue weighted by Gasteiger charge is 2.44. The van der Waals surface area contributed by atoms with Crippen molar-refractivity contribution in [3.63, 3.8) is 0 Å². The van der Waals surface area contributed by atoms with Gasteiger partial charge in [-0.1, -0.05) is 30.4 Å². The number of allylic oxidation sites excluding steroid dienone is 2. The van der Waals surface area contributed by atoms with Crippen molar-refractivity contribution in [2.24, 2.45) is 17.8 Å². The van der Waals surface area contributed by atoms with Crippen molar-refractivity contribution in [3.8, 4) is 0 Å². The predicted octanol–water partition coefficient (Wildman–Crippen LogP) is 3.97. The molecule has 0 aromatic heterocycles. The number of carbonyl (C=O) groups is 1. The highest BCUT2D eigenvalue weighted by Crippen LogP contribution is 2.47. The van der Waals surface area contributed by atoms with E-state index in [2.05, 4.69) is 10.8 Å². The zero-order chi connectivity index (χ0) is 19.3. The molecule has 5 nitrogen and oxygen atoms in total. The second-order valence-electron chi connectivity index (χ2n) is 7.79. The number of aliphatic carboxylic acids is 1. The van der Waals surface area contributed by atoms with Crippen LogP contribution in [0.3, 0.4) is 0 Å². The first-order valence-corrected chi connectivity index (χ1v) is 11.4. The summed E-state index contributed by atoms with van der Waals surface area (Å²) >= 11 is 0. The van der Waals surface area contributed by atoms with Gasteiger partial charge in [0, 0.05) is 12.5 Å². The van der Waals surface area contributed by atoms with Gasteiger partial charge in [-0.3, -0.25) is 4.79 Å². The van der Waals surface area contributed by atoms with Gasteiger partial charge in [-0.05, 0) is 74.8 Å². The SMILES string of the molecule is O=C(O)CCCC=CC[C@H]1C2CCC(CC2)[C@@H]1NS(=O)(=O)c1ccccc1. The van der Waals surface area contributed by atoms with Crippen LogP contribution in [0.1, 0.15) is 51.4 Å². The summed E-state index contributed by atoms with van der Waals surface area (Å²) in [4.78, 5) is 10.9. The van der Waals surface area contributed by atoms with Crippen LogP contribution in [0.15, 0.2) is 47.4 Å². The molecule has 6 heteroatoms. The molecule has 2 atom stereocenters. The van der Waals surface area contributed by atoms with Crippen molar-refractivity contribution in [1.82, 2.24) is 4.72 Å². The summed E-state index contributed by atoms with van der Waals surface area (Å²) in [5.41, 5.74) is 0. The summed E-state index contributed by atoms with van der Waals surface area (Å²) in [5, 5.41) is 8.69. The van der Waals surface area contributed by atoms with Crippen LogP contribution < -0.4 is 4.72 Å². The lowest BCUT2D eigenvalue weighted by Crippen LogP contribution is -2.53. The van der Waals surface area contributed by atoms with Gasteiger partial charge in [0.25, 0.3) is 0 Å². The van der Waals surface area contributed by atoms with Gasteiger partial charge in [-0.25, -0.2) is 13.1 Å². The molecule has 2 bridgehead atoms. The summed E-state index contributed by atoms with van der Waals surface area (Å²) in [5.74, 6) is 0.552. The van der Waals surface area contributed by atoms with Gasteiger partial charge in [0.2, 0.25) is 10.0 Å². The summed E-state index contributed by atoms with van der Waals surface area (Å²) in [6.07, 6.45) is 11.2. The Morgan fingerprint density at radius 1 is 1.07 bits per heavy atom. The van der Waals surface area contributed by atoms with E-state index in [1.807, 2.05) is 12.1 Å².